The summed E-state index contributed by atoms with van der Waals surface area (Å²) in [6, 6.07) is 5.95. The number of nitrogens with zero attached hydrogens (tertiary/aromatic N) is 1. The lowest BCUT2D eigenvalue weighted by molar-refractivity contribution is 0.168. The summed E-state index contributed by atoms with van der Waals surface area (Å²) in [6.07, 6.45) is 11.7. The Bertz CT molecular complexity index is 663. The summed E-state index contributed by atoms with van der Waals surface area (Å²) in [5.74, 6) is 0. The standard InChI is InChI=1S/C25H38FN/c1-8-12-20(4)24(17-22-13-11-14-23(18-26)21(22)5)19-27(7)25(6,15-9-2)16-10-3/h8,11-14,19H,1,9-10,15-18H2,2-7H3/b20-12-,24-19-. The summed E-state index contributed by atoms with van der Waals surface area (Å²) in [5.41, 5.74) is 5.65. The molecule has 0 aromatic heterocycles. The molecule has 0 saturated heterocycles. The van der Waals surface area contributed by atoms with Crippen LogP contribution >= 0.6 is 0 Å². The summed E-state index contributed by atoms with van der Waals surface area (Å²) >= 11 is 0. The van der Waals surface area contributed by atoms with Gasteiger partial charge in [0.2, 0.25) is 0 Å². The highest BCUT2D eigenvalue weighted by Gasteiger charge is 2.26. The Balaban J connectivity index is 3.30. The van der Waals surface area contributed by atoms with E-state index in [1.165, 1.54) is 42.4 Å². The van der Waals surface area contributed by atoms with Gasteiger partial charge in [-0.05, 0) is 67.9 Å². The Morgan fingerprint density at radius 3 is 2.30 bits per heavy atom. The molecular weight excluding hydrogens is 333 g/mol. The number of benzene rings is 1. The second-order valence-corrected chi connectivity index (χ2v) is 7.86. The minimum atomic E-state index is -0.412. The molecule has 0 fully saturated rings. The number of hydrogen-bond donors (Lipinski definition) is 0. The van der Waals surface area contributed by atoms with Crippen molar-refractivity contribution in [1.29, 1.82) is 0 Å². The molecule has 0 unspecified atom stereocenters. The summed E-state index contributed by atoms with van der Waals surface area (Å²) in [6.45, 7) is 14.5. The van der Waals surface area contributed by atoms with E-state index in [-0.39, 0.29) is 5.54 Å². The van der Waals surface area contributed by atoms with Gasteiger partial charge in [0.25, 0.3) is 0 Å². The van der Waals surface area contributed by atoms with E-state index >= 15 is 0 Å². The maximum absolute atomic E-state index is 13.3. The second-order valence-electron chi connectivity index (χ2n) is 7.86. The molecule has 1 aromatic carbocycles. The van der Waals surface area contributed by atoms with Crippen LogP contribution in [0.1, 0.15) is 70.1 Å². The van der Waals surface area contributed by atoms with E-state index in [9.17, 15) is 4.39 Å². The van der Waals surface area contributed by atoms with Crippen LogP contribution in [0.3, 0.4) is 0 Å². The highest BCUT2D eigenvalue weighted by atomic mass is 19.1. The molecule has 0 spiro atoms. The molecule has 0 aliphatic rings. The van der Waals surface area contributed by atoms with Gasteiger partial charge in [-0.1, -0.05) is 63.6 Å². The van der Waals surface area contributed by atoms with E-state index in [4.69, 9.17) is 0 Å². The van der Waals surface area contributed by atoms with Gasteiger partial charge in [0.15, 0.2) is 0 Å². The molecule has 1 rings (SSSR count). The van der Waals surface area contributed by atoms with Crippen molar-refractivity contribution < 1.29 is 4.39 Å². The molecule has 0 aliphatic carbocycles. The van der Waals surface area contributed by atoms with E-state index < -0.39 is 6.67 Å². The average molecular weight is 372 g/mol. The minimum absolute atomic E-state index is 0.152. The van der Waals surface area contributed by atoms with Gasteiger partial charge < -0.3 is 4.90 Å². The van der Waals surface area contributed by atoms with Crippen LogP contribution in [0.5, 0.6) is 0 Å². The monoisotopic (exact) mass is 371 g/mol. The first kappa shape index (κ1) is 23.2. The van der Waals surface area contributed by atoms with E-state index in [1.54, 1.807) is 0 Å². The van der Waals surface area contributed by atoms with Crippen LogP contribution in [-0.2, 0) is 13.1 Å². The first-order valence-corrected chi connectivity index (χ1v) is 10.2. The number of alkyl halides is 1. The van der Waals surface area contributed by atoms with E-state index in [0.717, 1.165) is 17.5 Å². The molecule has 2 heteroatoms. The van der Waals surface area contributed by atoms with Crippen LogP contribution in [0.4, 0.5) is 4.39 Å². The second kappa shape index (κ2) is 11.1. The van der Waals surface area contributed by atoms with Gasteiger partial charge in [-0.15, -0.1) is 0 Å². The van der Waals surface area contributed by atoms with E-state index in [1.807, 2.05) is 25.1 Å². The first-order chi connectivity index (χ1) is 12.8. The van der Waals surface area contributed by atoms with Crippen molar-refractivity contribution in [3.8, 4) is 0 Å². The molecule has 0 atom stereocenters. The number of rotatable bonds is 11. The van der Waals surface area contributed by atoms with Crippen molar-refractivity contribution in [2.75, 3.05) is 7.05 Å². The summed E-state index contributed by atoms with van der Waals surface area (Å²) in [7, 11) is 2.19. The predicted molar refractivity (Wildman–Crippen MR) is 118 cm³/mol. The number of halogens is 1. The summed E-state index contributed by atoms with van der Waals surface area (Å²) in [4.78, 5) is 2.39. The number of hydrogen-bond acceptors (Lipinski definition) is 1. The fourth-order valence-corrected chi connectivity index (χ4v) is 3.79. The van der Waals surface area contributed by atoms with Crippen molar-refractivity contribution in [2.24, 2.45) is 0 Å². The lowest BCUT2D eigenvalue weighted by atomic mass is 9.88. The van der Waals surface area contributed by atoms with Gasteiger partial charge in [0.1, 0.15) is 6.67 Å². The lowest BCUT2D eigenvalue weighted by Crippen LogP contribution is -2.40. The van der Waals surface area contributed by atoms with Crippen LogP contribution in [-0.4, -0.2) is 17.5 Å². The zero-order valence-electron chi connectivity index (χ0n) is 18.2. The third-order valence-electron chi connectivity index (χ3n) is 5.74. The highest BCUT2D eigenvalue weighted by Crippen LogP contribution is 2.29. The third-order valence-corrected chi connectivity index (χ3v) is 5.74. The Morgan fingerprint density at radius 1 is 1.19 bits per heavy atom. The number of allylic oxidation sites excluding steroid dienone is 4. The van der Waals surface area contributed by atoms with E-state index in [2.05, 4.69) is 64.6 Å². The molecule has 27 heavy (non-hydrogen) atoms. The molecule has 0 radical (unpaired) electrons. The van der Waals surface area contributed by atoms with Gasteiger partial charge in [0, 0.05) is 18.8 Å². The highest BCUT2D eigenvalue weighted by molar-refractivity contribution is 5.41. The van der Waals surface area contributed by atoms with Crippen LogP contribution in [0, 0.1) is 6.92 Å². The largest absolute Gasteiger partial charge is 0.375 e. The third kappa shape index (κ3) is 6.37. The smallest absolute Gasteiger partial charge is 0.115 e. The minimum Gasteiger partial charge on any atom is -0.375 e. The molecule has 150 valence electrons. The van der Waals surface area contributed by atoms with Crippen LogP contribution in [0.2, 0.25) is 0 Å². The SMILES string of the molecule is C=C/C=C(C)\C(=C/N(C)C(C)(CCC)CCC)Cc1cccc(CF)c1C. The predicted octanol–water partition coefficient (Wildman–Crippen LogP) is 7.31. The lowest BCUT2D eigenvalue weighted by Gasteiger charge is -2.39. The Kier molecular flexibility index (Phi) is 9.55. The molecule has 0 saturated carbocycles. The van der Waals surface area contributed by atoms with Crippen molar-refractivity contribution in [3.63, 3.8) is 0 Å². The van der Waals surface area contributed by atoms with Crippen molar-refractivity contribution in [1.82, 2.24) is 4.90 Å². The molecule has 1 nitrogen and oxygen atoms in total. The van der Waals surface area contributed by atoms with Crippen LogP contribution in [0.15, 0.2) is 54.3 Å². The van der Waals surface area contributed by atoms with Crippen LogP contribution in [0.25, 0.3) is 0 Å². The Morgan fingerprint density at radius 2 is 1.78 bits per heavy atom. The maximum atomic E-state index is 13.3. The molecule has 0 N–H and O–H groups in total. The van der Waals surface area contributed by atoms with Gasteiger partial charge in [-0.2, -0.15) is 0 Å². The molecule has 0 amide bonds. The summed E-state index contributed by atoms with van der Waals surface area (Å²) in [5, 5.41) is 0. The molecule has 0 aliphatic heterocycles. The normalized spacial score (nSPS) is 13.0. The molecule has 0 bridgehead atoms. The fourth-order valence-electron chi connectivity index (χ4n) is 3.79. The van der Waals surface area contributed by atoms with Gasteiger partial charge in [0.05, 0.1) is 0 Å². The maximum Gasteiger partial charge on any atom is 0.115 e. The molecular formula is C25H38FN. The zero-order chi connectivity index (χ0) is 20.4. The summed E-state index contributed by atoms with van der Waals surface area (Å²) < 4.78 is 13.3. The zero-order valence-corrected chi connectivity index (χ0v) is 18.2. The van der Waals surface area contributed by atoms with Gasteiger partial charge in [-0.3, -0.25) is 0 Å². The van der Waals surface area contributed by atoms with E-state index in [0.29, 0.717) is 0 Å². The van der Waals surface area contributed by atoms with Crippen molar-refractivity contribution in [3.05, 3.63) is 71.0 Å². The first-order valence-electron chi connectivity index (χ1n) is 10.2. The quantitative estimate of drug-likeness (QED) is 0.368. The average Bonchev–Trinajstić information content (AvgIpc) is 2.63. The topological polar surface area (TPSA) is 3.24 Å². The Labute approximate surface area is 166 Å². The fraction of sp³-hybridized carbons (Fsp3) is 0.520. The van der Waals surface area contributed by atoms with Gasteiger partial charge >= 0.3 is 0 Å². The molecule has 1 aromatic rings. The van der Waals surface area contributed by atoms with Gasteiger partial charge in [-0.25, -0.2) is 4.39 Å². The van der Waals surface area contributed by atoms with Crippen molar-refractivity contribution in [2.45, 2.75) is 78.9 Å². The Hall–Kier alpha value is -1.83. The van der Waals surface area contributed by atoms with Crippen LogP contribution < -0.4 is 0 Å². The van der Waals surface area contributed by atoms with Crippen molar-refractivity contribution >= 4 is 0 Å². The molecule has 0 heterocycles.